The lowest BCUT2D eigenvalue weighted by Crippen LogP contribution is -2.51. The summed E-state index contributed by atoms with van der Waals surface area (Å²) in [6.07, 6.45) is 8.14. The van der Waals surface area contributed by atoms with Gasteiger partial charge in [0.1, 0.15) is 0 Å². The molecule has 3 aromatic rings. The fourth-order valence-electron chi connectivity index (χ4n) is 5.48. The number of aromatic nitrogens is 3. The molecule has 0 unspecified atom stereocenters. The van der Waals surface area contributed by atoms with Crippen LogP contribution in [0.1, 0.15) is 50.0 Å². The first-order valence-electron chi connectivity index (χ1n) is 11.9. The third kappa shape index (κ3) is 4.42. The second-order valence-electron chi connectivity index (χ2n) is 9.51. The van der Waals surface area contributed by atoms with Crippen LogP contribution in [-0.4, -0.2) is 49.1 Å². The van der Waals surface area contributed by atoms with Crippen LogP contribution >= 0.6 is 0 Å². The number of nitrogens with zero attached hydrogens (tertiary/aromatic N) is 4. The SMILES string of the molecule is O=C([C@@H]1CCCC[C@H]1c1ccccc1)N1CCC(O)(Cn2cnc3cccnc3c2=O)CC1. The number of rotatable bonds is 4. The molecule has 1 aliphatic carbocycles. The van der Waals surface area contributed by atoms with Crippen molar-refractivity contribution in [3.8, 4) is 0 Å². The number of likely N-dealkylation sites (tertiary alicyclic amines) is 1. The van der Waals surface area contributed by atoms with Gasteiger partial charge in [0.15, 0.2) is 5.52 Å². The van der Waals surface area contributed by atoms with E-state index in [1.165, 1.54) is 16.5 Å². The Hall–Kier alpha value is -3.06. The summed E-state index contributed by atoms with van der Waals surface area (Å²) in [5.41, 5.74) is 0.809. The van der Waals surface area contributed by atoms with E-state index in [1.807, 2.05) is 23.1 Å². The van der Waals surface area contributed by atoms with Gasteiger partial charge in [-0.25, -0.2) is 9.97 Å². The Balaban J connectivity index is 1.27. The van der Waals surface area contributed by atoms with Crippen molar-refractivity contribution in [1.29, 1.82) is 0 Å². The number of aliphatic hydroxyl groups is 1. The second kappa shape index (κ2) is 9.06. The summed E-state index contributed by atoms with van der Waals surface area (Å²) in [6.45, 7) is 1.16. The van der Waals surface area contributed by atoms with Crippen molar-refractivity contribution in [2.75, 3.05) is 13.1 Å². The standard InChI is InChI=1S/C26H30N4O3/c31-24(21-10-5-4-9-20(21)19-7-2-1-3-8-19)29-15-12-26(33,13-16-29)17-30-18-28-22-11-6-14-27-23(22)25(30)32/h1-3,6-8,11,14,18,20-21,33H,4-5,9-10,12-13,15-17H2/t20-,21+/m0/s1. The Labute approximate surface area is 193 Å². The molecular weight excluding hydrogens is 416 g/mol. The molecule has 1 saturated heterocycles. The predicted octanol–water partition coefficient (Wildman–Crippen LogP) is 3.12. The van der Waals surface area contributed by atoms with E-state index in [1.54, 1.807) is 18.3 Å². The molecule has 2 fully saturated rings. The van der Waals surface area contributed by atoms with E-state index < -0.39 is 5.60 Å². The molecule has 1 saturated carbocycles. The van der Waals surface area contributed by atoms with Gasteiger partial charge in [0.25, 0.3) is 5.56 Å². The molecule has 0 radical (unpaired) electrons. The Bertz CT molecular complexity index is 1180. The number of benzene rings is 1. The molecule has 2 aliphatic rings. The van der Waals surface area contributed by atoms with Crippen LogP contribution in [0.15, 0.2) is 59.8 Å². The fourth-order valence-corrected chi connectivity index (χ4v) is 5.48. The van der Waals surface area contributed by atoms with Gasteiger partial charge in [-0.1, -0.05) is 43.2 Å². The van der Waals surface area contributed by atoms with Crippen LogP contribution in [0.4, 0.5) is 0 Å². The zero-order chi connectivity index (χ0) is 22.8. The Morgan fingerprint density at radius 1 is 1.03 bits per heavy atom. The minimum Gasteiger partial charge on any atom is -0.388 e. The van der Waals surface area contributed by atoms with E-state index in [2.05, 4.69) is 22.1 Å². The van der Waals surface area contributed by atoms with Crippen LogP contribution in [0.5, 0.6) is 0 Å². The highest BCUT2D eigenvalue weighted by Crippen LogP contribution is 2.39. The number of hydrogen-bond acceptors (Lipinski definition) is 5. The molecule has 3 heterocycles. The molecule has 33 heavy (non-hydrogen) atoms. The van der Waals surface area contributed by atoms with Gasteiger partial charge in [0.2, 0.25) is 5.91 Å². The van der Waals surface area contributed by atoms with Gasteiger partial charge in [0, 0.05) is 25.2 Å². The Morgan fingerprint density at radius 2 is 1.79 bits per heavy atom. The van der Waals surface area contributed by atoms with Gasteiger partial charge >= 0.3 is 0 Å². The monoisotopic (exact) mass is 446 g/mol. The Morgan fingerprint density at radius 3 is 2.58 bits per heavy atom. The van der Waals surface area contributed by atoms with E-state index in [0.717, 1.165) is 25.7 Å². The largest absolute Gasteiger partial charge is 0.388 e. The summed E-state index contributed by atoms with van der Waals surface area (Å²) < 4.78 is 1.44. The van der Waals surface area contributed by atoms with Crippen molar-refractivity contribution in [3.05, 3.63) is 70.9 Å². The maximum Gasteiger partial charge on any atom is 0.279 e. The fraction of sp³-hybridized carbons (Fsp3) is 0.462. The summed E-state index contributed by atoms with van der Waals surface area (Å²) >= 11 is 0. The molecule has 7 nitrogen and oxygen atoms in total. The zero-order valence-corrected chi connectivity index (χ0v) is 18.8. The van der Waals surface area contributed by atoms with Gasteiger partial charge in [-0.15, -0.1) is 0 Å². The second-order valence-corrected chi connectivity index (χ2v) is 9.51. The van der Waals surface area contributed by atoms with Crippen LogP contribution in [0.3, 0.4) is 0 Å². The van der Waals surface area contributed by atoms with Gasteiger partial charge in [-0.3, -0.25) is 14.2 Å². The molecule has 1 aromatic carbocycles. The highest BCUT2D eigenvalue weighted by atomic mass is 16.3. The molecule has 172 valence electrons. The average molecular weight is 447 g/mol. The molecule has 5 rings (SSSR count). The number of pyridine rings is 1. The number of hydrogen-bond donors (Lipinski definition) is 1. The zero-order valence-electron chi connectivity index (χ0n) is 18.8. The van der Waals surface area contributed by atoms with Gasteiger partial charge in [-0.05, 0) is 49.3 Å². The summed E-state index contributed by atoms with van der Waals surface area (Å²) in [7, 11) is 0. The smallest absolute Gasteiger partial charge is 0.279 e. The first kappa shape index (κ1) is 21.8. The molecule has 1 N–H and O–H groups in total. The molecule has 0 bridgehead atoms. The summed E-state index contributed by atoms with van der Waals surface area (Å²) in [4.78, 5) is 36.6. The maximum atomic E-state index is 13.5. The van der Waals surface area contributed by atoms with Crippen molar-refractivity contribution in [2.24, 2.45) is 5.92 Å². The summed E-state index contributed by atoms with van der Waals surface area (Å²) in [5, 5.41) is 11.2. The highest BCUT2D eigenvalue weighted by molar-refractivity contribution is 5.80. The van der Waals surface area contributed by atoms with Gasteiger partial charge in [-0.2, -0.15) is 0 Å². The number of fused-ring (bicyclic) bond motifs is 1. The van der Waals surface area contributed by atoms with Gasteiger partial charge < -0.3 is 10.0 Å². The lowest BCUT2D eigenvalue weighted by Gasteiger charge is -2.41. The molecular formula is C26H30N4O3. The molecule has 2 atom stereocenters. The summed E-state index contributed by atoms with van der Waals surface area (Å²) in [5.74, 6) is 0.480. The normalized spacial score (nSPS) is 22.9. The van der Waals surface area contributed by atoms with E-state index in [-0.39, 0.29) is 29.8 Å². The topological polar surface area (TPSA) is 88.3 Å². The van der Waals surface area contributed by atoms with Crippen LogP contribution in [-0.2, 0) is 11.3 Å². The maximum absolute atomic E-state index is 13.5. The number of piperidine rings is 1. The lowest BCUT2D eigenvalue weighted by molar-refractivity contribution is -0.142. The highest BCUT2D eigenvalue weighted by Gasteiger charge is 2.39. The molecule has 1 amide bonds. The minimum atomic E-state index is -1.05. The van der Waals surface area contributed by atoms with E-state index in [4.69, 9.17) is 0 Å². The molecule has 7 heteroatoms. The van der Waals surface area contributed by atoms with Crippen molar-refractivity contribution in [2.45, 2.75) is 56.6 Å². The Kier molecular flexibility index (Phi) is 5.98. The van der Waals surface area contributed by atoms with Crippen molar-refractivity contribution < 1.29 is 9.90 Å². The van der Waals surface area contributed by atoms with Crippen LogP contribution in [0.25, 0.3) is 11.0 Å². The van der Waals surface area contributed by atoms with Crippen LogP contribution in [0.2, 0.25) is 0 Å². The third-order valence-electron chi connectivity index (χ3n) is 7.37. The molecule has 2 aromatic heterocycles. The van der Waals surface area contributed by atoms with E-state index in [9.17, 15) is 14.7 Å². The number of amides is 1. The van der Waals surface area contributed by atoms with Crippen molar-refractivity contribution >= 4 is 16.9 Å². The van der Waals surface area contributed by atoms with Crippen LogP contribution in [0, 0.1) is 5.92 Å². The number of carbonyl (C=O) groups is 1. The lowest BCUT2D eigenvalue weighted by atomic mass is 9.74. The molecule has 0 spiro atoms. The quantitative estimate of drug-likeness (QED) is 0.665. The third-order valence-corrected chi connectivity index (χ3v) is 7.37. The number of carbonyl (C=O) groups excluding carboxylic acids is 1. The first-order valence-corrected chi connectivity index (χ1v) is 11.9. The van der Waals surface area contributed by atoms with Crippen molar-refractivity contribution in [1.82, 2.24) is 19.4 Å². The van der Waals surface area contributed by atoms with Crippen LogP contribution < -0.4 is 5.56 Å². The summed E-state index contributed by atoms with van der Waals surface area (Å²) in [6, 6.07) is 13.9. The predicted molar refractivity (Wildman–Crippen MR) is 126 cm³/mol. The first-order chi connectivity index (χ1) is 16.0. The van der Waals surface area contributed by atoms with Gasteiger partial charge in [0.05, 0.1) is 24.0 Å². The van der Waals surface area contributed by atoms with E-state index in [0.29, 0.717) is 37.0 Å². The van der Waals surface area contributed by atoms with Crippen molar-refractivity contribution in [3.63, 3.8) is 0 Å². The van der Waals surface area contributed by atoms with E-state index >= 15 is 0 Å². The average Bonchev–Trinajstić information content (AvgIpc) is 2.86. The molecule has 1 aliphatic heterocycles. The minimum absolute atomic E-state index is 0.00530.